The van der Waals surface area contributed by atoms with Crippen LogP contribution >= 0.6 is 0 Å². The Balaban J connectivity index is 1.43. The molecule has 2 aromatic carbocycles. The van der Waals surface area contributed by atoms with E-state index in [-0.39, 0.29) is 17.9 Å². The van der Waals surface area contributed by atoms with Crippen molar-refractivity contribution in [3.8, 4) is 0 Å². The largest absolute Gasteiger partial charge is 0.378 e. The van der Waals surface area contributed by atoms with Gasteiger partial charge >= 0.3 is 0 Å². The van der Waals surface area contributed by atoms with Gasteiger partial charge in [-0.2, -0.15) is 0 Å². The second kappa shape index (κ2) is 8.08. The third-order valence-electron chi connectivity index (χ3n) is 5.20. The standard InChI is InChI=1S/C21H22FN3O3/c22-17-6-4-15(5-7-17)20(26)23-18-3-1-2-16(12-18)21(27)25-9-8-24-10-11-28-14-19(24)13-25/h1-7,12,19H,8-11,13-14H2,(H,23,26). The minimum atomic E-state index is -0.396. The zero-order valence-electron chi connectivity index (χ0n) is 15.4. The molecule has 0 saturated carbocycles. The lowest BCUT2D eigenvalue weighted by Gasteiger charge is -2.43. The molecular weight excluding hydrogens is 361 g/mol. The number of carbonyl (C=O) groups is 2. The molecule has 7 heteroatoms. The number of carbonyl (C=O) groups excluding carboxylic acids is 2. The van der Waals surface area contributed by atoms with E-state index in [4.69, 9.17) is 4.74 Å². The number of nitrogens with zero attached hydrogens (tertiary/aromatic N) is 2. The Morgan fingerprint density at radius 2 is 1.86 bits per heavy atom. The van der Waals surface area contributed by atoms with E-state index in [0.717, 1.165) is 19.7 Å². The molecule has 146 valence electrons. The van der Waals surface area contributed by atoms with Crippen molar-refractivity contribution in [3.05, 3.63) is 65.5 Å². The molecule has 6 nitrogen and oxygen atoms in total. The molecule has 0 radical (unpaired) electrons. The highest BCUT2D eigenvalue weighted by Gasteiger charge is 2.32. The molecule has 2 amide bonds. The Kier molecular flexibility index (Phi) is 5.36. The lowest BCUT2D eigenvalue weighted by atomic mass is 10.1. The molecule has 0 aromatic heterocycles. The number of nitrogens with one attached hydrogen (secondary N) is 1. The van der Waals surface area contributed by atoms with Gasteiger partial charge < -0.3 is 15.0 Å². The van der Waals surface area contributed by atoms with Crippen LogP contribution in [0.1, 0.15) is 20.7 Å². The summed E-state index contributed by atoms with van der Waals surface area (Å²) in [7, 11) is 0. The average molecular weight is 383 g/mol. The Bertz CT molecular complexity index is 871. The molecule has 28 heavy (non-hydrogen) atoms. The Labute approximate surface area is 162 Å². The van der Waals surface area contributed by atoms with Gasteiger partial charge in [-0.1, -0.05) is 6.07 Å². The number of anilines is 1. The van der Waals surface area contributed by atoms with Crippen LogP contribution in [-0.4, -0.2) is 67.0 Å². The minimum absolute atomic E-state index is 0.0527. The maximum absolute atomic E-state index is 13.0. The number of hydrogen-bond acceptors (Lipinski definition) is 4. The Morgan fingerprint density at radius 1 is 1.04 bits per heavy atom. The van der Waals surface area contributed by atoms with Crippen LogP contribution in [0, 0.1) is 5.82 Å². The van der Waals surface area contributed by atoms with E-state index >= 15 is 0 Å². The van der Waals surface area contributed by atoms with Crippen LogP contribution in [0.2, 0.25) is 0 Å². The molecule has 2 aliphatic heterocycles. The van der Waals surface area contributed by atoms with Gasteiger partial charge in [0.25, 0.3) is 11.8 Å². The van der Waals surface area contributed by atoms with Crippen LogP contribution in [0.3, 0.4) is 0 Å². The summed E-state index contributed by atoms with van der Waals surface area (Å²) < 4.78 is 18.5. The zero-order valence-corrected chi connectivity index (χ0v) is 15.4. The summed E-state index contributed by atoms with van der Waals surface area (Å²) >= 11 is 0. The first-order valence-corrected chi connectivity index (χ1v) is 9.38. The summed E-state index contributed by atoms with van der Waals surface area (Å²) in [5.74, 6) is -0.798. The molecular formula is C21H22FN3O3. The van der Waals surface area contributed by atoms with Crippen molar-refractivity contribution >= 4 is 17.5 Å². The highest BCUT2D eigenvalue weighted by atomic mass is 19.1. The molecule has 0 bridgehead atoms. The highest BCUT2D eigenvalue weighted by molar-refractivity contribution is 6.05. The van der Waals surface area contributed by atoms with Gasteiger partial charge in [-0.3, -0.25) is 14.5 Å². The first-order valence-electron chi connectivity index (χ1n) is 9.38. The van der Waals surface area contributed by atoms with Gasteiger partial charge in [0.05, 0.1) is 19.3 Å². The second-order valence-corrected chi connectivity index (χ2v) is 7.06. The van der Waals surface area contributed by atoms with Crippen LogP contribution in [0.25, 0.3) is 0 Å². The predicted molar refractivity (Wildman–Crippen MR) is 103 cm³/mol. The van der Waals surface area contributed by atoms with Crippen LogP contribution in [0.15, 0.2) is 48.5 Å². The van der Waals surface area contributed by atoms with Crippen molar-refractivity contribution in [2.75, 3.05) is 44.7 Å². The molecule has 1 atom stereocenters. The van der Waals surface area contributed by atoms with E-state index in [9.17, 15) is 14.0 Å². The Morgan fingerprint density at radius 3 is 2.68 bits per heavy atom. The first kappa shape index (κ1) is 18.6. The van der Waals surface area contributed by atoms with Crippen molar-refractivity contribution in [1.29, 1.82) is 0 Å². The van der Waals surface area contributed by atoms with Crippen LogP contribution in [-0.2, 0) is 4.74 Å². The maximum Gasteiger partial charge on any atom is 0.255 e. The number of hydrogen-bond donors (Lipinski definition) is 1. The third kappa shape index (κ3) is 4.05. The second-order valence-electron chi connectivity index (χ2n) is 7.06. The van der Waals surface area contributed by atoms with Gasteiger partial charge in [0, 0.05) is 43.0 Å². The lowest BCUT2D eigenvalue weighted by molar-refractivity contribution is -0.0395. The fraction of sp³-hybridized carbons (Fsp3) is 0.333. The van der Waals surface area contributed by atoms with Crippen molar-refractivity contribution in [2.24, 2.45) is 0 Å². The van der Waals surface area contributed by atoms with Crippen LogP contribution in [0.5, 0.6) is 0 Å². The van der Waals surface area contributed by atoms with E-state index < -0.39 is 5.82 Å². The number of ether oxygens (including phenoxy) is 1. The molecule has 1 unspecified atom stereocenters. The van der Waals surface area contributed by atoms with Crippen LogP contribution < -0.4 is 5.32 Å². The number of halogens is 1. The summed E-state index contributed by atoms with van der Waals surface area (Å²) in [4.78, 5) is 29.5. The smallest absolute Gasteiger partial charge is 0.255 e. The van der Waals surface area contributed by atoms with Crippen molar-refractivity contribution < 1.29 is 18.7 Å². The zero-order chi connectivity index (χ0) is 19.5. The van der Waals surface area contributed by atoms with Gasteiger partial charge in [0.2, 0.25) is 0 Å². The normalized spacial score (nSPS) is 19.8. The van der Waals surface area contributed by atoms with Crippen molar-refractivity contribution in [3.63, 3.8) is 0 Å². The van der Waals surface area contributed by atoms with E-state index in [1.54, 1.807) is 24.3 Å². The monoisotopic (exact) mass is 383 g/mol. The first-order chi connectivity index (χ1) is 13.6. The SMILES string of the molecule is O=C(Nc1cccc(C(=O)N2CCN3CCOCC3C2)c1)c1ccc(F)cc1. The molecule has 2 fully saturated rings. The molecule has 2 heterocycles. The average Bonchev–Trinajstić information content (AvgIpc) is 2.73. The number of piperazine rings is 1. The number of rotatable bonds is 3. The lowest BCUT2D eigenvalue weighted by Crippen LogP contribution is -2.59. The summed E-state index contributed by atoms with van der Waals surface area (Å²) in [6.45, 7) is 4.49. The third-order valence-corrected chi connectivity index (χ3v) is 5.20. The Hall–Kier alpha value is -2.77. The molecule has 2 aliphatic rings. The van der Waals surface area contributed by atoms with Gasteiger partial charge in [-0.25, -0.2) is 4.39 Å². The van der Waals surface area contributed by atoms with Gasteiger partial charge in [0.1, 0.15) is 5.82 Å². The van der Waals surface area contributed by atoms with Crippen molar-refractivity contribution in [2.45, 2.75) is 6.04 Å². The minimum Gasteiger partial charge on any atom is -0.378 e. The van der Waals surface area contributed by atoms with E-state index in [2.05, 4.69) is 10.2 Å². The molecule has 2 aromatic rings. The summed E-state index contributed by atoms with van der Waals surface area (Å²) in [6.07, 6.45) is 0. The fourth-order valence-corrected chi connectivity index (χ4v) is 3.65. The van der Waals surface area contributed by atoms with Gasteiger partial charge in [0.15, 0.2) is 0 Å². The number of fused-ring (bicyclic) bond motifs is 1. The topological polar surface area (TPSA) is 61.9 Å². The van der Waals surface area contributed by atoms with Gasteiger partial charge in [-0.05, 0) is 42.5 Å². The van der Waals surface area contributed by atoms with Crippen LogP contribution in [0.4, 0.5) is 10.1 Å². The molecule has 4 rings (SSSR count). The van der Waals surface area contributed by atoms with Gasteiger partial charge in [-0.15, -0.1) is 0 Å². The summed E-state index contributed by atoms with van der Waals surface area (Å²) in [5.41, 5.74) is 1.41. The number of morpholine rings is 1. The predicted octanol–water partition coefficient (Wildman–Crippen LogP) is 2.23. The summed E-state index contributed by atoms with van der Waals surface area (Å²) in [6, 6.07) is 12.5. The molecule has 0 spiro atoms. The summed E-state index contributed by atoms with van der Waals surface area (Å²) in [5, 5.41) is 2.76. The number of amides is 2. The molecule has 1 N–H and O–H groups in total. The van der Waals surface area contributed by atoms with E-state index in [1.165, 1.54) is 24.3 Å². The van der Waals surface area contributed by atoms with Crippen molar-refractivity contribution in [1.82, 2.24) is 9.80 Å². The van der Waals surface area contributed by atoms with E-state index in [0.29, 0.717) is 36.5 Å². The maximum atomic E-state index is 13.0. The highest BCUT2D eigenvalue weighted by Crippen LogP contribution is 2.18. The molecule has 2 saturated heterocycles. The molecule has 0 aliphatic carbocycles. The number of benzene rings is 2. The van der Waals surface area contributed by atoms with E-state index in [1.807, 2.05) is 4.90 Å². The quantitative estimate of drug-likeness (QED) is 0.883. The fourth-order valence-electron chi connectivity index (χ4n) is 3.65.